The first-order valence-electron chi connectivity index (χ1n) is 8.34. The molecule has 0 spiro atoms. The highest BCUT2D eigenvalue weighted by Gasteiger charge is 2.20. The molecule has 0 atom stereocenters. The molecule has 8 heteroatoms. The zero-order valence-corrected chi connectivity index (χ0v) is 15.0. The highest BCUT2D eigenvalue weighted by Crippen LogP contribution is 2.26. The molecule has 0 bridgehead atoms. The summed E-state index contributed by atoms with van der Waals surface area (Å²) in [5.41, 5.74) is 4.80. The quantitative estimate of drug-likeness (QED) is 0.489. The van der Waals surface area contributed by atoms with Gasteiger partial charge in [0.1, 0.15) is 5.69 Å². The maximum atomic E-state index is 12.8. The highest BCUT2D eigenvalue weighted by atomic mass is 16.6. The summed E-state index contributed by atoms with van der Waals surface area (Å²) in [7, 11) is 0. The van der Waals surface area contributed by atoms with Crippen molar-refractivity contribution in [3.05, 3.63) is 43.1 Å². The molecular formula is C17H24N4O4. The van der Waals surface area contributed by atoms with Crippen molar-refractivity contribution in [2.45, 2.75) is 47.2 Å². The molecule has 25 heavy (non-hydrogen) atoms. The lowest BCUT2D eigenvalue weighted by atomic mass is 10.1. The van der Waals surface area contributed by atoms with E-state index in [4.69, 9.17) is 5.73 Å². The molecule has 0 radical (unpaired) electrons. The first-order chi connectivity index (χ1) is 11.6. The van der Waals surface area contributed by atoms with E-state index in [9.17, 15) is 19.7 Å². The van der Waals surface area contributed by atoms with Crippen LogP contribution in [0, 0.1) is 22.0 Å². The number of nitrogen functional groups attached to an aromatic ring is 1. The van der Waals surface area contributed by atoms with Crippen LogP contribution in [0.5, 0.6) is 0 Å². The first-order valence-corrected chi connectivity index (χ1v) is 8.34. The van der Waals surface area contributed by atoms with Gasteiger partial charge in [0.2, 0.25) is 0 Å². The summed E-state index contributed by atoms with van der Waals surface area (Å²) >= 11 is 0. The van der Waals surface area contributed by atoms with Gasteiger partial charge in [0.05, 0.1) is 15.8 Å². The molecule has 1 aromatic carbocycles. The van der Waals surface area contributed by atoms with Crippen molar-refractivity contribution in [3.8, 4) is 0 Å². The van der Waals surface area contributed by atoms with Gasteiger partial charge in [-0.3, -0.25) is 24.0 Å². The van der Waals surface area contributed by atoms with Gasteiger partial charge in [-0.15, -0.1) is 0 Å². The van der Waals surface area contributed by atoms with Crippen LogP contribution < -0.4 is 17.0 Å². The predicted molar refractivity (Wildman–Crippen MR) is 97.8 cm³/mol. The number of anilines is 1. The molecule has 1 heterocycles. The van der Waals surface area contributed by atoms with Crippen molar-refractivity contribution in [1.82, 2.24) is 9.13 Å². The summed E-state index contributed by atoms with van der Waals surface area (Å²) in [5, 5.41) is 11.3. The minimum atomic E-state index is -0.620. The lowest BCUT2D eigenvalue weighted by molar-refractivity contribution is -0.383. The molecular weight excluding hydrogens is 324 g/mol. The Balaban J connectivity index is 2.86. The molecule has 2 rings (SSSR count). The summed E-state index contributed by atoms with van der Waals surface area (Å²) in [6, 6.07) is 2.53. The number of hydrogen-bond acceptors (Lipinski definition) is 5. The van der Waals surface area contributed by atoms with Gasteiger partial charge < -0.3 is 5.73 Å². The van der Waals surface area contributed by atoms with E-state index in [2.05, 4.69) is 0 Å². The molecule has 8 nitrogen and oxygen atoms in total. The number of fused-ring (bicyclic) bond motifs is 1. The van der Waals surface area contributed by atoms with Gasteiger partial charge in [-0.25, -0.2) is 4.79 Å². The molecule has 0 fully saturated rings. The van der Waals surface area contributed by atoms with Crippen LogP contribution in [-0.4, -0.2) is 14.1 Å². The number of nitrogens with zero attached hydrogens (tertiary/aromatic N) is 3. The fraction of sp³-hybridized carbons (Fsp3) is 0.529. The summed E-state index contributed by atoms with van der Waals surface area (Å²) in [6.07, 6.45) is 0.666. The maximum absolute atomic E-state index is 12.8. The number of rotatable bonds is 6. The SMILES string of the molecule is CC(C)CCn1c(=O)c2cc([N+](=O)[O-])c(N)cc2n(CC(C)C)c1=O. The van der Waals surface area contributed by atoms with Crippen molar-refractivity contribution >= 4 is 22.3 Å². The number of benzene rings is 1. The minimum absolute atomic E-state index is 0.0614. The van der Waals surface area contributed by atoms with Gasteiger partial charge >= 0.3 is 5.69 Å². The van der Waals surface area contributed by atoms with E-state index >= 15 is 0 Å². The zero-order valence-electron chi connectivity index (χ0n) is 15.0. The standard InChI is InChI=1S/C17H24N4O4/c1-10(2)5-6-19-16(22)12-7-15(21(24)25)13(18)8-14(12)20(17(19)23)9-11(3)4/h7-8,10-11H,5-6,9,18H2,1-4H3. The number of nitrogens with two attached hydrogens (primary N) is 1. The van der Waals surface area contributed by atoms with Crippen molar-refractivity contribution < 1.29 is 4.92 Å². The lowest BCUT2D eigenvalue weighted by Crippen LogP contribution is -2.41. The van der Waals surface area contributed by atoms with Gasteiger partial charge in [0.25, 0.3) is 11.2 Å². The second-order valence-electron chi connectivity index (χ2n) is 7.11. The molecule has 0 unspecified atom stereocenters. The summed E-state index contributed by atoms with van der Waals surface area (Å²) in [4.78, 5) is 36.1. The molecule has 0 aliphatic rings. The third kappa shape index (κ3) is 3.72. The molecule has 0 amide bonds. The smallest absolute Gasteiger partial charge is 0.331 e. The molecule has 2 N–H and O–H groups in total. The maximum Gasteiger partial charge on any atom is 0.331 e. The summed E-state index contributed by atoms with van der Waals surface area (Å²) in [6.45, 7) is 8.60. The molecule has 136 valence electrons. The molecule has 0 aliphatic heterocycles. The molecule has 0 saturated heterocycles. The van der Waals surface area contributed by atoms with E-state index in [0.717, 1.165) is 0 Å². The fourth-order valence-electron chi connectivity index (χ4n) is 2.75. The lowest BCUT2D eigenvalue weighted by Gasteiger charge is -2.16. The van der Waals surface area contributed by atoms with E-state index in [-0.39, 0.29) is 29.2 Å². The fourth-order valence-corrected chi connectivity index (χ4v) is 2.75. The van der Waals surface area contributed by atoms with Crippen LogP contribution in [0.3, 0.4) is 0 Å². The van der Waals surface area contributed by atoms with Crippen LogP contribution in [0.2, 0.25) is 0 Å². The molecule has 0 saturated carbocycles. The monoisotopic (exact) mass is 348 g/mol. The normalized spacial score (nSPS) is 11.6. The zero-order chi connectivity index (χ0) is 18.9. The second kappa shape index (κ2) is 7.08. The summed E-state index contributed by atoms with van der Waals surface area (Å²) in [5.74, 6) is 0.481. The molecule has 0 aliphatic carbocycles. The largest absolute Gasteiger partial charge is 0.393 e. The van der Waals surface area contributed by atoms with E-state index < -0.39 is 16.2 Å². The highest BCUT2D eigenvalue weighted by molar-refractivity contribution is 5.86. The van der Waals surface area contributed by atoms with Crippen molar-refractivity contribution in [3.63, 3.8) is 0 Å². The van der Waals surface area contributed by atoms with E-state index in [0.29, 0.717) is 24.4 Å². The summed E-state index contributed by atoms with van der Waals surface area (Å²) < 4.78 is 2.66. The van der Waals surface area contributed by atoms with Crippen LogP contribution in [-0.2, 0) is 13.1 Å². The molecule has 2 aromatic rings. The van der Waals surface area contributed by atoms with E-state index in [1.165, 1.54) is 21.3 Å². The average molecular weight is 348 g/mol. The third-order valence-corrected chi connectivity index (χ3v) is 4.05. The minimum Gasteiger partial charge on any atom is -0.393 e. The van der Waals surface area contributed by atoms with Gasteiger partial charge in [0.15, 0.2) is 0 Å². The predicted octanol–water partition coefficient (Wildman–Crippen LogP) is 2.36. The van der Waals surface area contributed by atoms with Crippen LogP contribution in [0.15, 0.2) is 21.7 Å². The Morgan fingerprint density at radius 1 is 1.12 bits per heavy atom. The number of aromatic nitrogens is 2. The van der Waals surface area contributed by atoms with Crippen molar-refractivity contribution in [1.29, 1.82) is 0 Å². The molecule has 1 aromatic heterocycles. The number of nitro groups is 1. The van der Waals surface area contributed by atoms with Crippen molar-refractivity contribution in [2.24, 2.45) is 11.8 Å². The Kier molecular flexibility index (Phi) is 5.30. The van der Waals surface area contributed by atoms with Gasteiger partial charge in [0, 0.05) is 19.2 Å². The van der Waals surface area contributed by atoms with Crippen LogP contribution in [0.4, 0.5) is 11.4 Å². The second-order valence-corrected chi connectivity index (χ2v) is 7.11. The van der Waals surface area contributed by atoms with Gasteiger partial charge in [-0.1, -0.05) is 27.7 Å². The van der Waals surface area contributed by atoms with Crippen LogP contribution in [0.1, 0.15) is 34.1 Å². The topological polar surface area (TPSA) is 113 Å². The van der Waals surface area contributed by atoms with E-state index in [1.54, 1.807) is 0 Å². The Morgan fingerprint density at radius 2 is 1.76 bits per heavy atom. The van der Waals surface area contributed by atoms with Crippen LogP contribution >= 0.6 is 0 Å². The number of nitro benzene ring substituents is 1. The Hall–Kier alpha value is -2.64. The Bertz CT molecular complexity index is 925. The van der Waals surface area contributed by atoms with Gasteiger partial charge in [-0.2, -0.15) is 0 Å². The first kappa shape index (κ1) is 18.7. The Labute approximate surface area is 145 Å². The van der Waals surface area contributed by atoms with E-state index in [1.807, 2.05) is 27.7 Å². The van der Waals surface area contributed by atoms with Crippen LogP contribution in [0.25, 0.3) is 10.9 Å². The van der Waals surface area contributed by atoms with Gasteiger partial charge in [-0.05, 0) is 24.3 Å². The number of hydrogen-bond donors (Lipinski definition) is 1. The van der Waals surface area contributed by atoms with Crippen molar-refractivity contribution in [2.75, 3.05) is 5.73 Å². The average Bonchev–Trinajstić information content (AvgIpc) is 2.50. The third-order valence-electron chi connectivity index (χ3n) is 4.05. The Morgan fingerprint density at radius 3 is 2.28 bits per heavy atom.